The van der Waals surface area contributed by atoms with Crippen LogP contribution in [0.2, 0.25) is 5.02 Å². The van der Waals surface area contributed by atoms with Gasteiger partial charge in [-0.3, -0.25) is 9.59 Å². The minimum Gasteiger partial charge on any atom is -0.456 e. The third kappa shape index (κ3) is 6.36. The molecule has 2 amide bonds. The van der Waals surface area contributed by atoms with Gasteiger partial charge in [0.2, 0.25) is 5.91 Å². The number of primary amides is 1. The van der Waals surface area contributed by atoms with Crippen LogP contribution in [0.5, 0.6) is 0 Å². The van der Waals surface area contributed by atoms with E-state index in [1.165, 1.54) is 10.7 Å². The average Bonchev–Trinajstić information content (AvgIpc) is 3.17. The summed E-state index contributed by atoms with van der Waals surface area (Å²) in [7, 11) is 0. The number of aromatic nitrogens is 2. The van der Waals surface area contributed by atoms with Gasteiger partial charge in [-0.25, -0.2) is 18.3 Å². The zero-order valence-corrected chi connectivity index (χ0v) is 17.9. The molecule has 0 aliphatic heterocycles. The Labute approximate surface area is 192 Å². The molecule has 3 aromatic rings. The number of anilines is 1. The van der Waals surface area contributed by atoms with Crippen LogP contribution in [-0.2, 0) is 22.7 Å². The van der Waals surface area contributed by atoms with E-state index in [2.05, 4.69) is 10.4 Å². The number of benzene rings is 2. The molecule has 0 atom stereocenters. The smallest absolute Gasteiger partial charge is 0.359 e. The van der Waals surface area contributed by atoms with E-state index in [1.54, 1.807) is 24.3 Å². The second-order valence-electron chi connectivity index (χ2n) is 6.97. The number of carbonyl (C=O) groups is 3. The van der Waals surface area contributed by atoms with Crippen molar-refractivity contribution in [3.63, 3.8) is 0 Å². The van der Waals surface area contributed by atoms with Gasteiger partial charge in [0.15, 0.2) is 17.3 Å². The van der Waals surface area contributed by atoms with Crippen molar-refractivity contribution < 1.29 is 27.9 Å². The molecule has 0 aliphatic rings. The Morgan fingerprint density at radius 3 is 2.48 bits per heavy atom. The van der Waals surface area contributed by atoms with Crippen molar-refractivity contribution in [3.05, 3.63) is 82.0 Å². The Kier molecular flexibility index (Phi) is 7.73. The molecular weight excluding hydrogens is 458 g/mol. The van der Waals surface area contributed by atoms with Crippen molar-refractivity contribution in [2.45, 2.75) is 26.0 Å². The van der Waals surface area contributed by atoms with Crippen molar-refractivity contribution in [1.82, 2.24) is 9.78 Å². The molecule has 1 aromatic heterocycles. The van der Waals surface area contributed by atoms with Gasteiger partial charge in [0.05, 0.1) is 10.6 Å². The standard InChI is InChI=1S/C22H19ClF2N4O4/c23-15-10-17(25)16(24)9-14(15)21(31)27-20-11-18(28-29(20)8-4-7-19(26)30)22(32)33-12-13-5-2-1-3-6-13/h1-3,5-6,9-11H,4,7-8,12H2,(H2,26,30)(H,27,31). The number of amides is 2. The molecule has 0 fully saturated rings. The summed E-state index contributed by atoms with van der Waals surface area (Å²) in [6.07, 6.45) is 0.334. The monoisotopic (exact) mass is 476 g/mol. The van der Waals surface area contributed by atoms with Crippen LogP contribution in [0.15, 0.2) is 48.5 Å². The zero-order chi connectivity index (χ0) is 24.0. The summed E-state index contributed by atoms with van der Waals surface area (Å²) in [6.45, 7) is 0.149. The van der Waals surface area contributed by atoms with E-state index in [0.717, 1.165) is 5.56 Å². The fraction of sp³-hybridized carbons (Fsp3) is 0.182. The molecule has 0 bridgehead atoms. The first-order valence-corrected chi connectivity index (χ1v) is 10.2. The number of nitrogens with two attached hydrogens (primary N) is 1. The number of nitrogens with zero attached hydrogens (tertiary/aromatic N) is 2. The molecule has 0 spiro atoms. The number of carbonyl (C=O) groups excluding carboxylic acids is 3. The minimum atomic E-state index is -1.25. The van der Waals surface area contributed by atoms with E-state index in [0.29, 0.717) is 12.1 Å². The summed E-state index contributed by atoms with van der Waals surface area (Å²) < 4.78 is 33.4. The maximum atomic E-state index is 13.6. The highest BCUT2D eigenvalue weighted by atomic mass is 35.5. The van der Waals surface area contributed by atoms with Crippen molar-refractivity contribution in [1.29, 1.82) is 0 Å². The van der Waals surface area contributed by atoms with Gasteiger partial charge in [-0.05, 0) is 24.1 Å². The number of aryl methyl sites for hydroxylation is 1. The van der Waals surface area contributed by atoms with Gasteiger partial charge < -0.3 is 15.8 Å². The largest absolute Gasteiger partial charge is 0.456 e. The molecule has 0 radical (unpaired) electrons. The van der Waals surface area contributed by atoms with Crippen LogP contribution in [0.4, 0.5) is 14.6 Å². The fourth-order valence-corrected chi connectivity index (χ4v) is 3.10. The van der Waals surface area contributed by atoms with Crippen molar-refractivity contribution in [3.8, 4) is 0 Å². The highest BCUT2D eigenvalue weighted by Gasteiger charge is 2.20. The molecule has 1 heterocycles. The number of rotatable bonds is 9. The number of ether oxygens (including phenoxy) is 1. The summed E-state index contributed by atoms with van der Waals surface area (Å²) in [4.78, 5) is 36.1. The summed E-state index contributed by atoms with van der Waals surface area (Å²) >= 11 is 5.86. The quantitative estimate of drug-likeness (QED) is 0.361. The summed E-state index contributed by atoms with van der Waals surface area (Å²) in [5.74, 6) is -4.49. The maximum absolute atomic E-state index is 13.6. The van der Waals surface area contributed by atoms with Gasteiger partial charge in [-0.1, -0.05) is 41.9 Å². The van der Waals surface area contributed by atoms with Gasteiger partial charge in [0.25, 0.3) is 5.91 Å². The SMILES string of the molecule is NC(=O)CCCn1nc(C(=O)OCc2ccccc2)cc1NC(=O)c1cc(F)c(F)cc1Cl. The van der Waals surface area contributed by atoms with Gasteiger partial charge in [0.1, 0.15) is 12.4 Å². The van der Waals surface area contributed by atoms with Crippen LogP contribution in [-0.4, -0.2) is 27.6 Å². The van der Waals surface area contributed by atoms with Crippen LogP contribution < -0.4 is 11.1 Å². The first kappa shape index (κ1) is 23.9. The molecule has 3 N–H and O–H groups in total. The highest BCUT2D eigenvalue weighted by Crippen LogP contribution is 2.22. The topological polar surface area (TPSA) is 116 Å². The Morgan fingerprint density at radius 2 is 1.79 bits per heavy atom. The van der Waals surface area contributed by atoms with E-state index >= 15 is 0 Å². The molecule has 0 saturated carbocycles. The minimum absolute atomic E-state index is 0.0143. The van der Waals surface area contributed by atoms with E-state index in [1.807, 2.05) is 6.07 Å². The number of hydrogen-bond acceptors (Lipinski definition) is 5. The molecular formula is C22H19ClF2N4O4. The zero-order valence-electron chi connectivity index (χ0n) is 17.2. The molecule has 0 saturated heterocycles. The van der Waals surface area contributed by atoms with Gasteiger partial charge in [-0.2, -0.15) is 5.10 Å². The highest BCUT2D eigenvalue weighted by molar-refractivity contribution is 6.34. The molecule has 172 valence electrons. The van der Waals surface area contributed by atoms with Crippen molar-refractivity contribution in [2.75, 3.05) is 5.32 Å². The van der Waals surface area contributed by atoms with Gasteiger partial charge >= 0.3 is 5.97 Å². The summed E-state index contributed by atoms with van der Waals surface area (Å²) in [5, 5.41) is 6.30. The molecule has 0 aliphatic carbocycles. The first-order valence-electron chi connectivity index (χ1n) is 9.77. The van der Waals surface area contributed by atoms with Crippen molar-refractivity contribution >= 4 is 35.2 Å². The third-order valence-electron chi connectivity index (χ3n) is 4.49. The molecule has 33 heavy (non-hydrogen) atoms. The van der Waals surface area contributed by atoms with E-state index in [4.69, 9.17) is 22.1 Å². The lowest BCUT2D eigenvalue weighted by molar-refractivity contribution is -0.118. The lowest BCUT2D eigenvalue weighted by atomic mass is 10.2. The second kappa shape index (κ2) is 10.7. The van der Waals surface area contributed by atoms with Crippen LogP contribution in [0.1, 0.15) is 39.3 Å². The molecule has 2 aromatic carbocycles. The lowest BCUT2D eigenvalue weighted by Crippen LogP contribution is -2.18. The number of halogens is 3. The predicted molar refractivity (Wildman–Crippen MR) is 116 cm³/mol. The van der Waals surface area contributed by atoms with Crippen LogP contribution in [0, 0.1) is 11.6 Å². The Morgan fingerprint density at radius 1 is 1.09 bits per heavy atom. The Balaban J connectivity index is 1.80. The molecule has 3 rings (SSSR count). The van der Waals surface area contributed by atoms with E-state index in [9.17, 15) is 23.2 Å². The van der Waals surface area contributed by atoms with Gasteiger partial charge in [0, 0.05) is 19.0 Å². The summed E-state index contributed by atoms with van der Waals surface area (Å²) in [5.41, 5.74) is 5.51. The van der Waals surface area contributed by atoms with Crippen LogP contribution in [0.25, 0.3) is 0 Å². The maximum Gasteiger partial charge on any atom is 0.359 e. The summed E-state index contributed by atoms with van der Waals surface area (Å²) in [6, 6.07) is 11.6. The van der Waals surface area contributed by atoms with Crippen LogP contribution in [0.3, 0.4) is 0 Å². The Bertz CT molecular complexity index is 1180. The average molecular weight is 477 g/mol. The molecule has 8 nitrogen and oxygen atoms in total. The second-order valence-corrected chi connectivity index (χ2v) is 7.38. The van der Waals surface area contributed by atoms with E-state index < -0.39 is 29.4 Å². The van der Waals surface area contributed by atoms with Crippen molar-refractivity contribution in [2.24, 2.45) is 5.73 Å². The number of esters is 1. The van der Waals surface area contributed by atoms with Crippen LogP contribution >= 0.6 is 11.6 Å². The predicted octanol–water partition coefficient (Wildman–Crippen LogP) is 3.69. The lowest BCUT2D eigenvalue weighted by Gasteiger charge is -2.09. The number of hydrogen-bond donors (Lipinski definition) is 2. The van der Waals surface area contributed by atoms with Gasteiger partial charge in [-0.15, -0.1) is 0 Å². The number of nitrogens with one attached hydrogen (secondary N) is 1. The fourth-order valence-electron chi connectivity index (χ4n) is 2.87. The first-order chi connectivity index (χ1) is 15.7. The Hall–Kier alpha value is -3.79. The molecule has 11 heteroatoms. The van der Waals surface area contributed by atoms with E-state index in [-0.39, 0.29) is 48.1 Å². The third-order valence-corrected chi connectivity index (χ3v) is 4.80. The molecule has 0 unspecified atom stereocenters. The normalized spacial score (nSPS) is 10.6.